The van der Waals surface area contributed by atoms with Gasteiger partial charge < -0.3 is 25.2 Å². The first kappa shape index (κ1) is 22.5. The minimum atomic E-state index is -4.57. The average molecular weight is 446 g/mol. The minimum Gasteiger partial charge on any atom is -0.495 e. The molecule has 0 saturated heterocycles. The molecule has 0 heterocycles. The van der Waals surface area contributed by atoms with Crippen LogP contribution in [-0.2, 0) is 6.18 Å². The van der Waals surface area contributed by atoms with E-state index in [-0.39, 0.29) is 17.0 Å². The van der Waals surface area contributed by atoms with E-state index in [4.69, 9.17) is 14.6 Å². The molecule has 3 N–H and O–H groups in total. The zero-order valence-electron chi connectivity index (χ0n) is 16.6. The largest absolute Gasteiger partial charge is 0.495 e. The summed E-state index contributed by atoms with van der Waals surface area (Å²) in [5.74, 6) is -0.308. The van der Waals surface area contributed by atoms with Crippen molar-refractivity contribution >= 4 is 23.4 Å². The van der Waals surface area contributed by atoms with Gasteiger partial charge in [-0.25, -0.2) is 9.59 Å². The van der Waals surface area contributed by atoms with Gasteiger partial charge in [-0.05, 0) is 60.7 Å². The third-order valence-corrected chi connectivity index (χ3v) is 4.20. The number of urea groups is 1. The zero-order valence-corrected chi connectivity index (χ0v) is 16.6. The van der Waals surface area contributed by atoms with E-state index in [0.717, 1.165) is 18.2 Å². The van der Waals surface area contributed by atoms with Crippen LogP contribution < -0.4 is 20.1 Å². The predicted octanol–water partition coefficient (Wildman–Crippen LogP) is 5.85. The van der Waals surface area contributed by atoms with Gasteiger partial charge in [0.05, 0.1) is 23.9 Å². The summed E-state index contributed by atoms with van der Waals surface area (Å²) in [6, 6.07) is 14.0. The molecule has 3 rings (SSSR count). The number of carboxylic acid groups (broad SMARTS) is 1. The summed E-state index contributed by atoms with van der Waals surface area (Å²) in [6.45, 7) is 0. The quantitative estimate of drug-likeness (QED) is 0.442. The van der Waals surface area contributed by atoms with E-state index in [2.05, 4.69) is 10.6 Å². The summed E-state index contributed by atoms with van der Waals surface area (Å²) < 4.78 is 49.4. The van der Waals surface area contributed by atoms with Crippen molar-refractivity contribution in [3.05, 3.63) is 77.9 Å². The van der Waals surface area contributed by atoms with Crippen molar-refractivity contribution in [2.24, 2.45) is 0 Å². The number of amides is 2. The van der Waals surface area contributed by atoms with Crippen molar-refractivity contribution in [1.29, 1.82) is 0 Å². The number of ether oxygens (including phenoxy) is 2. The Labute approximate surface area is 180 Å². The molecule has 0 aliphatic heterocycles. The van der Waals surface area contributed by atoms with Crippen LogP contribution in [-0.4, -0.2) is 24.2 Å². The lowest BCUT2D eigenvalue weighted by molar-refractivity contribution is -0.137. The molecule has 10 heteroatoms. The van der Waals surface area contributed by atoms with Gasteiger partial charge in [0.1, 0.15) is 17.2 Å². The number of hydrogen-bond donors (Lipinski definition) is 3. The topological polar surface area (TPSA) is 96.9 Å². The lowest BCUT2D eigenvalue weighted by Gasteiger charge is -2.14. The van der Waals surface area contributed by atoms with Crippen LogP contribution in [0.3, 0.4) is 0 Å². The number of alkyl halides is 3. The summed E-state index contributed by atoms with van der Waals surface area (Å²) in [5, 5.41) is 13.9. The number of aromatic carboxylic acids is 1. The van der Waals surface area contributed by atoms with E-state index < -0.39 is 23.7 Å². The van der Waals surface area contributed by atoms with Crippen LogP contribution in [0.1, 0.15) is 15.9 Å². The fourth-order valence-electron chi connectivity index (χ4n) is 2.70. The number of nitrogens with one attached hydrogen (secondary N) is 2. The van der Waals surface area contributed by atoms with Crippen LogP contribution >= 0.6 is 0 Å². The Balaban J connectivity index is 1.66. The van der Waals surface area contributed by atoms with Gasteiger partial charge in [-0.3, -0.25) is 0 Å². The Kier molecular flexibility index (Phi) is 6.53. The molecular formula is C22H17F3N2O5. The highest BCUT2D eigenvalue weighted by atomic mass is 19.4. The highest BCUT2D eigenvalue weighted by Crippen LogP contribution is 2.35. The van der Waals surface area contributed by atoms with Crippen LogP contribution in [0, 0.1) is 0 Å². The molecule has 3 aromatic carbocycles. The number of carbonyl (C=O) groups excluding carboxylic acids is 1. The van der Waals surface area contributed by atoms with Gasteiger partial charge in [0.25, 0.3) is 0 Å². The molecule has 0 aliphatic rings. The van der Waals surface area contributed by atoms with E-state index in [1.54, 1.807) is 12.1 Å². The number of methoxy groups -OCH3 is 1. The van der Waals surface area contributed by atoms with Crippen LogP contribution in [0.5, 0.6) is 17.2 Å². The molecule has 0 atom stereocenters. The Morgan fingerprint density at radius 1 is 0.906 bits per heavy atom. The van der Waals surface area contributed by atoms with E-state index in [0.29, 0.717) is 17.2 Å². The zero-order chi connectivity index (χ0) is 23.3. The third kappa shape index (κ3) is 5.69. The number of carboxylic acids is 1. The van der Waals surface area contributed by atoms with Gasteiger partial charge in [0.15, 0.2) is 0 Å². The second-order valence-electron chi connectivity index (χ2n) is 6.45. The number of hydrogen-bond acceptors (Lipinski definition) is 4. The maximum Gasteiger partial charge on any atom is 0.416 e. The molecule has 166 valence electrons. The molecule has 0 spiro atoms. The monoisotopic (exact) mass is 446 g/mol. The third-order valence-electron chi connectivity index (χ3n) is 4.20. The SMILES string of the molecule is COc1ccc(C(F)(F)F)cc1NC(=O)Nc1ccc(Oc2cccc(C(=O)O)c2)cc1. The van der Waals surface area contributed by atoms with Gasteiger partial charge in [0, 0.05) is 5.69 Å². The first-order valence-corrected chi connectivity index (χ1v) is 9.10. The molecular weight excluding hydrogens is 429 g/mol. The lowest BCUT2D eigenvalue weighted by Crippen LogP contribution is -2.20. The Bertz CT molecular complexity index is 1130. The average Bonchev–Trinajstić information content (AvgIpc) is 2.74. The molecule has 0 aromatic heterocycles. The van der Waals surface area contributed by atoms with E-state index >= 15 is 0 Å². The first-order valence-electron chi connectivity index (χ1n) is 9.10. The van der Waals surface area contributed by atoms with Crippen molar-refractivity contribution in [3.63, 3.8) is 0 Å². The Morgan fingerprint density at radius 3 is 2.25 bits per heavy atom. The predicted molar refractivity (Wildman–Crippen MR) is 111 cm³/mol. The molecule has 0 bridgehead atoms. The van der Waals surface area contributed by atoms with Gasteiger partial charge in [-0.2, -0.15) is 13.2 Å². The highest BCUT2D eigenvalue weighted by molar-refractivity contribution is 6.00. The number of anilines is 2. The Hall–Kier alpha value is -4.21. The van der Waals surface area contributed by atoms with Crippen LogP contribution in [0.15, 0.2) is 66.7 Å². The molecule has 3 aromatic rings. The second kappa shape index (κ2) is 9.29. The second-order valence-corrected chi connectivity index (χ2v) is 6.45. The summed E-state index contributed by atoms with van der Waals surface area (Å²) >= 11 is 0. The number of carbonyl (C=O) groups is 2. The molecule has 2 amide bonds. The normalized spacial score (nSPS) is 10.9. The molecule has 7 nitrogen and oxygen atoms in total. The number of benzene rings is 3. The molecule has 0 unspecified atom stereocenters. The summed E-state index contributed by atoms with van der Waals surface area (Å²) in [4.78, 5) is 23.3. The number of halogens is 3. The molecule has 0 saturated carbocycles. The van der Waals surface area contributed by atoms with Crippen molar-refractivity contribution in [1.82, 2.24) is 0 Å². The summed E-state index contributed by atoms with van der Waals surface area (Å²) in [5.41, 5.74) is -0.650. The molecule has 0 aliphatic carbocycles. The highest BCUT2D eigenvalue weighted by Gasteiger charge is 2.31. The Morgan fingerprint density at radius 2 is 1.62 bits per heavy atom. The van der Waals surface area contributed by atoms with Gasteiger partial charge in [-0.1, -0.05) is 6.07 Å². The number of rotatable bonds is 6. The fourth-order valence-corrected chi connectivity index (χ4v) is 2.70. The standard InChI is InChI=1S/C22H17F3N2O5/c1-31-19-10-5-14(22(23,24)25)12-18(19)27-21(30)26-15-6-8-16(9-7-15)32-17-4-2-3-13(11-17)20(28)29/h2-12H,1H3,(H,28,29)(H2,26,27,30). The van der Waals surface area contributed by atoms with Crippen molar-refractivity contribution in [2.45, 2.75) is 6.18 Å². The van der Waals surface area contributed by atoms with E-state index in [9.17, 15) is 22.8 Å². The molecule has 32 heavy (non-hydrogen) atoms. The van der Waals surface area contributed by atoms with Crippen LogP contribution in [0.4, 0.5) is 29.3 Å². The summed E-state index contributed by atoms with van der Waals surface area (Å²) in [7, 11) is 1.27. The van der Waals surface area contributed by atoms with Crippen molar-refractivity contribution in [2.75, 3.05) is 17.7 Å². The lowest BCUT2D eigenvalue weighted by atomic mass is 10.2. The molecule has 0 fully saturated rings. The molecule has 0 radical (unpaired) electrons. The van der Waals surface area contributed by atoms with Crippen molar-refractivity contribution in [3.8, 4) is 17.2 Å². The summed E-state index contributed by atoms with van der Waals surface area (Å²) in [6.07, 6.45) is -4.57. The van der Waals surface area contributed by atoms with Crippen LogP contribution in [0.2, 0.25) is 0 Å². The van der Waals surface area contributed by atoms with Gasteiger partial charge in [-0.15, -0.1) is 0 Å². The maximum absolute atomic E-state index is 12.9. The van der Waals surface area contributed by atoms with Gasteiger partial charge in [0.2, 0.25) is 0 Å². The first-order chi connectivity index (χ1) is 15.2. The van der Waals surface area contributed by atoms with E-state index in [1.165, 1.54) is 43.5 Å². The maximum atomic E-state index is 12.9. The van der Waals surface area contributed by atoms with Crippen LogP contribution in [0.25, 0.3) is 0 Å². The smallest absolute Gasteiger partial charge is 0.416 e. The van der Waals surface area contributed by atoms with Crippen molar-refractivity contribution < 1.29 is 37.3 Å². The minimum absolute atomic E-state index is 0.0699. The fraction of sp³-hybridized carbons (Fsp3) is 0.0909. The van der Waals surface area contributed by atoms with Gasteiger partial charge >= 0.3 is 18.2 Å². The van der Waals surface area contributed by atoms with E-state index in [1.807, 2.05) is 0 Å².